The summed E-state index contributed by atoms with van der Waals surface area (Å²) in [6.45, 7) is 3.97. The minimum Gasteiger partial charge on any atom is -0.495 e. The van der Waals surface area contributed by atoms with Crippen molar-refractivity contribution in [2.45, 2.75) is 19.8 Å². The molecule has 1 aliphatic rings. The Morgan fingerprint density at radius 3 is 2.45 bits per heavy atom. The number of ether oxygens (including phenoxy) is 3. The third-order valence-electron chi connectivity index (χ3n) is 5.82. The van der Waals surface area contributed by atoms with Gasteiger partial charge in [0.2, 0.25) is 0 Å². The van der Waals surface area contributed by atoms with Crippen LogP contribution in [0, 0.1) is 0 Å². The maximum Gasteiger partial charge on any atom is 0.270 e. The molecule has 1 N–H and O–H groups in total. The summed E-state index contributed by atoms with van der Waals surface area (Å²) in [4.78, 5) is 27.7. The average Bonchev–Trinajstić information content (AvgIpc) is 3.19. The summed E-state index contributed by atoms with van der Waals surface area (Å²) >= 11 is 6.70. The molecule has 0 unspecified atom stereocenters. The molecule has 4 rings (SSSR count). The summed E-state index contributed by atoms with van der Waals surface area (Å²) in [5, 5.41) is 2.91. The number of rotatable bonds is 9. The van der Waals surface area contributed by atoms with E-state index < -0.39 is 0 Å². The fourth-order valence-corrected chi connectivity index (χ4v) is 5.26. The number of nitrogens with one attached hydrogen (secondary N) is 1. The van der Waals surface area contributed by atoms with Crippen LogP contribution in [-0.4, -0.2) is 37.0 Å². The highest BCUT2D eigenvalue weighted by atomic mass is 32.2. The minimum atomic E-state index is -0.274. The molecule has 0 atom stereocenters. The van der Waals surface area contributed by atoms with Crippen LogP contribution in [0.3, 0.4) is 0 Å². The monoisotopic (exact) mass is 548 g/mol. The van der Waals surface area contributed by atoms with Crippen molar-refractivity contribution in [3.05, 3.63) is 82.8 Å². The summed E-state index contributed by atoms with van der Waals surface area (Å²) in [6, 6.07) is 20.2. The molecule has 2 amide bonds. The Morgan fingerprint density at radius 1 is 1.00 bits per heavy atom. The van der Waals surface area contributed by atoms with Crippen LogP contribution in [-0.2, 0) is 9.59 Å². The van der Waals surface area contributed by atoms with Gasteiger partial charge in [-0.3, -0.25) is 14.5 Å². The van der Waals surface area contributed by atoms with E-state index in [1.807, 2.05) is 36.4 Å². The number of methoxy groups -OCH3 is 2. The highest BCUT2D eigenvalue weighted by Crippen LogP contribution is 2.40. The van der Waals surface area contributed by atoms with E-state index in [0.29, 0.717) is 32.2 Å². The molecule has 0 radical (unpaired) electrons. The molecular formula is C29H28N2O5S2. The fourth-order valence-electron chi connectivity index (χ4n) is 3.98. The van der Waals surface area contributed by atoms with Crippen molar-refractivity contribution in [3.8, 4) is 17.2 Å². The Morgan fingerprint density at radius 2 is 1.71 bits per heavy atom. The van der Waals surface area contributed by atoms with E-state index >= 15 is 0 Å². The molecular weight excluding hydrogens is 520 g/mol. The lowest BCUT2D eigenvalue weighted by atomic mass is 10.0. The first-order valence-electron chi connectivity index (χ1n) is 11.9. The van der Waals surface area contributed by atoms with Crippen molar-refractivity contribution in [1.29, 1.82) is 0 Å². The number of hydrogen-bond acceptors (Lipinski definition) is 7. The number of thioether (sulfide) groups is 1. The van der Waals surface area contributed by atoms with Crippen LogP contribution in [0.25, 0.3) is 6.08 Å². The van der Waals surface area contributed by atoms with Crippen molar-refractivity contribution in [2.24, 2.45) is 0 Å². The zero-order chi connectivity index (χ0) is 27.2. The van der Waals surface area contributed by atoms with E-state index in [9.17, 15) is 9.59 Å². The Labute approximate surface area is 231 Å². The van der Waals surface area contributed by atoms with Gasteiger partial charge < -0.3 is 19.5 Å². The molecule has 196 valence electrons. The second-order valence-electron chi connectivity index (χ2n) is 8.68. The van der Waals surface area contributed by atoms with Crippen molar-refractivity contribution >= 4 is 57.6 Å². The third kappa shape index (κ3) is 6.00. The molecule has 0 bridgehead atoms. The summed E-state index contributed by atoms with van der Waals surface area (Å²) in [5.74, 6) is 1.18. The van der Waals surface area contributed by atoms with Crippen molar-refractivity contribution in [1.82, 2.24) is 0 Å². The molecule has 1 aliphatic heterocycles. The van der Waals surface area contributed by atoms with Crippen LogP contribution in [0.15, 0.2) is 71.6 Å². The predicted molar refractivity (Wildman–Crippen MR) is 156 cm³/mol. The number of benzene rings is 3. The Kier molecular flexibility index (Phi) is 8.70. The van der Waals surface area contributed by atoms with E-state index in [1.54, 1.807) is 43.5 Å². The van der Waals surface area contributed by atoms with Gasteiger partial charge in [0.15, 0.2) is 22.4 Å². The Bertz CT molecular complexity index is 1400. The van der Waals surface area contributed by atoms with Gasteiger partial charge in [-0.25, -0.2) is 0 Å². The van der Waals surface area contributed by atoms with Gasteiger partial charge in [-0.2, -0.15) is 0 Å². The van der Waals surface area contributed by atoms with E-state index in [-0.39, 0.29) is 24.3 Å². The quantitative estimate of drug-likeness (QED) is 0.250. The largest absolute Gasteiger partial charge is 0.495 e. The molecule has 0 aromatic heterocycles. The zero-order valence-electron chi connectivity index (χ0n) is 21.5. The first-order chi connectivity index (χ1) is 18.3. The van der Waals surface area contributed by atoms with Gasteiger partial charge in [0.1, 0.15) is 5.75 Å². The number of para-hydroxylation sites is 3. The molecule has 38 heavy (non-hydrogen) atoms. The number of amides is 2. The molecule has 0 aliphatic carbocycles. The minimum absolute atomic E-state index is 0.181. The second kappa shape index (κ2) is 12.1. The molecule has 3 aromatic carbocycles. The maximum absolute atomic E-state index is 13.2. The van der Waals surface area contributed by atoms with E-state index in [0.717, 1.165) is 16.8 Å². The topological polar surface area (TPSA) is 77.1 Å². The molecule has 1 fully saturated rings. The molecule has 0 saturated carbocycles. The number of nitrogens with zero attached hydrogens (tertiary/aromatic N) is 1. The summed E-state index contributed by atoms with van der Waals surface area (Å²) in [5.41, 5.74) is 3.14. The Hall–Kier alpha value is -3.82. The Balaban J connectivity index is 1.47. The third-order valence-corrected chi connectivity index (χ3v) is 7.12. The zero-order valence-corrected chi connectivity index (χ0v) is 23.2. The van der Waals surface area contributed by atoms with Crippen molar-refractivity contribution < 1.29 is 23.8 Å². The maximum atomic E-state index is 13.2. The molecule has 9 heteroatoms. The van der Waals surface area contributed by atoms with Crippen LogP contribution >= 0.6 is 24.0 Å². The molecule has 3 aromatic rings. The SMILES string of the molecule is COc1cc(/C=C2\SC(=S)N(c3ccccc3OC)C2=O)ccc1OCC(=O)Nc1ccccc1C(C)C. The smallest absolute Gasteiger partial charge is 0.270 e. The number of anilines is 2. The lowest BCUT2D eigenvalue weighted by Crippen LogP contribution is -2.27. The van der Waals surface area contributed by atoms with Gasteiger partial charge in [0, 0.05) is 5.69 Å². The highest BCUT2D eigenvalue weighted by Gasteiger charge is 2.34. The van der Waals surface area contributed by atoms with E-state index in [1.165, 1.54) is 23.8 Å². The van der Waals surface area contributed by atoms with Gasteiger partial charge in [-0.1, -0.05) is 74.2 Å². The highest BCUT2D eigenvalue weighted by molar-refractivity contribution is 8.27. The lowest BCUT2D eigenvalue weighted by Gasteiger charge is -2.17. The first-order valence-corrected chi connectivity index (χ1v) is 13.2. The average molecular weight is 549 g/mol. The standard InChI is InChI=1S/C29H28N2O5S2/c1-18(2)20-9-5-6-10-21(20)30-27(32)17-36-24-14-13-19(15-25(24)35-4)16-26-28(33)31(29(37)38-26)22-11-7-8-12-23(22)34-3/h5-16,18H,17H2,1-4H3,(H,30,32)/b26-16-. The molecule has 0 spiro atoms. The normalized spacial score (nSPS) is 14.2. The molecule has 1 heterocycles. The van der Waals surface area contributed by atoms with Gasteiger partial charge in [-0.15, -0.1) is 0 Å². The van der Waals surface area contributed by atoms with Crippen LogP contribution in [0.4, 0.5) is 11.4 Å². The van der Waals surface area contributed by atoms with Gasteiger partial charge in [-0.05, 0) is 53.5 Å². The first kappa shape index (κ1) is 27.2. The van der Waals surface area contributed by atoms with Crippen LogP contribution in [0.1, 0.15) is 30.9 Å². The van der Waals surface area contributed by atoms with Gasteiger partial charge in [0.05, 0.1) is 24.8 Å². The fraction of sp³-hybridized carbons (Fsp3) is 0.207. The number of carbonyl (C=O) groups excluding carboxylic acids is 2. The molecule has 7 nitrogen and oxygen atoms in total. The summed E-state index contributed by atoms with van der Waals surface area (Å²) in [6.07, 6.45) is 1.75. The number of carbonyl (C=O) groups is 2. The number of thiocarbonyl (C=S) groups is 1. The van der Waals surface area contributed by atoms with E-state index in [4.69, 9.17) is 26.4 Å². The molecule has 1 saturated heterocycles. The van der Waals surface area contributed by atoms with Gasteiger partial charge >= 0.3 is 0 Å². The van der Waals surface area contributed by atoms with Crippen LogP contribution < -0.4 is 24.4 Å². The van der Waals surface area contributed by atoms with E-state index in [2.05, 4.69) is 19.2 Å². The van der Waals surface area contributed by atoms with Gasteiger partial charge in [0.25, 0.3) is 11.8 Å². The van der Waals surface area contributed by atoms with Crippen molar-refractivity contribution in [2.75, 3.05) is 31.0 Å². The second-order valence-corrected chi connectivity index (χ2v) is 10.4. The lowest BCUT2D eigenvalue weighted by molar-refractivity contribution is -0.118. The summed E-state index contributed by atoms with van der Waals surface area (Å²) in [7, 11) is 3.07. The van der Waals surface area contributed by atoms with Crippen LogP contribution in [0.5, 0.6) is 17.2 Å². The number of hydrogen-bond donors (Lipinski definition) is 1. The van der Waals surface area contributed by atoms with Crippen molar-refractivity contribution in [3.63, 3.8) is 0 Å². The summed E-state index contributed by atoms with van der Waals surface area (Å²) < 4.78 is 17.1. The predicted octanol–water partition coefficient (Wildman–Crippen LogP) is 6.25. The van der Waals surface area contributed by atoms with Crippen LogP contribution in [0.2, 0.25) is 0 Å².